The fraction of sp³-hybridized carbons (Fsp3) is 0.0526. The van der Waals surface area contributed by atoms with E-state index in [9.17, 15) is 14.6 Å². The van der Waals surface area contributed by atoms with Gasteiger partial charge in [0.2, 0.25) is 0 Å². The zero-order chi connectivity index (χ0) is 15.5. The van der Waals surface area contributed by atoms with Crippen LogP contribution in [0.3, 0.4) is 0 Å². The van der Waals surface area contributed by atoms with E-state index in [2.05, 4.69) is 0 Å². The van der Waals surface area contributed by atoms with Crippen molar-refractivity contribution in [2.75, 3.05) is 0 Å². The topological polar surface area (TPSA) is 40.5 Å². The van der Waals surface area contributed by atoms with E-state index in [0.717, 1.165) is 16.7 Å². The molecule has 2 nitrogen and oxygen atoms in total. The molecule has 0 amide bonds. The Morgan fingerprint density at radius 1 is 0.545 bits per heavy atom. The smallest absolute Gasteiger partial charge is 0.123 e. The van der Waals surface area contributed by atoms with E-state index in [1.807, 2.05) is 24.3 Å². The molecule has 0 radical (unpaired) electrons. The normalized spacial score (nSPS) is 10.8. The summed E-state index contributed by atoms with van der Waals surface area (Å²) in [5.41, 5.74) is 2.91. The van der Waals surface area contributed by atoms with Crippen LogP contribution in [0.15, 0.2) is 72.8 Å². The summed E-state index contributed by atoms with van der Waals surface area (Å²) in [4.78, 5) is 0. The van der Waals surface area contributed by atoms with Gasteiger partial charge in [-0.1, -0.05) is 36.4 Å². The molecule has 110 valence electrons. The van der Waals surface area contributed by atoms with Crippen molar-refractivity contribution in [3.63, 3.8) is 0 Å². The van der Waals surface area contributed by atoms with Gasteiger partial charge in [-0.2, -0.15) is 0 Å². The number of hydrogen-bond donors (Lipinski definition) is 2. The van der Waals surface area contributed by atoms with E-state index in [-0.39, 0.29) is 23.2 Å². The van der Waals surface area contributed by atoms with E-state index >= 15 is 0 Å². The predicted octanol–water partition coefficient (Wildman–Crippen LogP) is 4.42. The molecule has 0 aromatic heterocycles. The zero-order valence-electron chi connectivity index (χ0n) is 11.8. The highest BCUT2D eigenvalue weighted by Gasteiger charge is 2.17. The van der Waals surface area contributed by atoms with E-state index < -0.39 is 0 Å². The van der Waals surface area contributed by atoms with Gasteiger partial charge in [0.15, 0.2) is 0 Å². The molecular weight excluding hydrogens is 279 g/mol. The average Bonchev–Trinajstić information content (AvgIpc) is 2.53. The molecule has 3 aromatic carbocycles. The molecule has 3 rings (SSSR count). The Labute approximate surface area is 128 Å². The molecule has 0 saturated carbocycles. The van der Waals surface area contributed by atoms with Crippen LogP contribution in [-0.4, -0.2) is 10.2 Å². The van der Waals surface area contributed by atoms with Gasteiger partial charge in [-0.05, 0) is 53.1 Å². The maximum atomic E-state index is 13.2. The van der Waals surface area contributed by atoms with Crippen LogP contribution in [0, 0.1) is 5.82 Å². The maximum Gasteiger partial charge on any atom is 0.123 e. The Bertz CT molecular complexity index is 639. The minimum atomic E-state index is -0.279. The van der Waals surface area contributed by atoms with Gasteiger partial charge >= 0.3 is 0 Å². The summed E-state index contributed by atoms with van der Waals surface area (Å²) in [7, 11) is 0. The van der Waals surface area contributed by atoms with Crippen LogP contribution in [0.1, 0.15) is 22.6 Å². The first-order valence-electron chi connectivity index (χ1n) is 6.97. The quantitative estimate of drug-likeness (QED) is 0.702. The van der Waals surface area contributed by atoms with Gasteiger partial charge in [-0.3, -0.25) is 0 Å². The summed E-state index contributed by atoms with van der Waals surface area (Å²) >= 11 is 0. The van der Waals surface area contributed by atoms with Gasteiger partial charge in [0.25, 0.3) is 0 Å². The van der Waals surface area contributed by atoms with Crippen LogP contribution in [0.2, 0.25) is 0 Å². The number of phenolic OH excluding ortho intramolecular Hbond substituents is 2. The summed E-state index contributed by atoms with van der Waals surface area (Å²) < 4.78 is 13.2. The molecule has 0 aliphatic carbocycles. The number of phenols is 2. The second-order valence-corrected chi connectivity index (χ2v) is 5.17. The molecule has 0 heterocycles. The van der Waals surface area contributed by atoms with Gasteiger partial charge < -0.3 is 10.2 Å². The third-order valence-electron chi connectivity index (χ3n) is 3.66. The summed E-state index contributed by atoms with van der Waals surface area (Å²) in [6.07, 6.45) is 0. The zero-order valence-corrected chi connectivity index (χ0v) is 11.8. The lowest BCUT2D eigenvalue weighted by Crippen LogP contribution is -2.03. The van der Waals surface area contributed by atoms with Crippen LogP contribution in [0.25, 0.3) is 0 Å². The van der Waals surface area contributed by atoms with Crippen molar-refractivity contribution < 1.29 is 14.6 Å². The molecule has 22 heavy (non-hydrogen) atoms. The van der Waals surface area contributed by atoms with Crippen molar-refractivity contribution in [3.8, 4) is 11.5 Å². The molecule has 0 atom stereocenters. The van der Waals surface area contributed by atoms with Gasteiger partial charge in [0, 0.05) is 5.92 Å². The van der Waals surface area contributed by atoms with Gasteiger partial charge in [0.1, 0.15) is 17.3 Å². The molecule has 0 bridgehead atoms. The van der Waals surface area contributed by atoms with Gasteiger partial charge in [0.05, 0.1) is 0 Å². The van der Waals surface area contributed by atoms with Crippen molar-refractivity contribution >= 4 is 0 Å². The summed E-state index contributed by atoms with van der Waals surface area (Å²) in [6.45, 7) is 0. The number of hydrogen-bond acceptors (Lipinski definition) is 2. The van der Waals surface area contributed by atoms with Crippen LogP contribution >= 0.6 is 0 Å². The number of rotatable bonds is 3. The monoisotopic (exact) mass is 294 g/mol. The van der Waals surface area contributed by atoms with E-state index in [0.29, 0.717) is 0 Å². The molecule has 0 unspecified atom stereocenters. The highest BCUT2D eigenvalue weighted by molar-refractivity contribution is 5.45. The molecular formula is C19H15FO2. The number of aromatic hydroxyl groups is 2. The Hall–Kier alpha value is -2.81. The molecule has 2 N–H and O–H groups in total. The average molecular weight is 294 g/mol. The summed E-state index contributed by atoms with van der Waals surface area (Å²) in [6, 6.07) is 20.3. The SMILES string of the molecule is Oc1ccc(C(c2ccc(O)cc2)c2ccc(F)cc2)cc1. The van der Waals surface area contributed by atoms with E-state index in [1.165, 1.54) is 12.1 Å². The first-order chi connectivity index (χ1) is 10.6. The van der Waals surface area contributed by atoms with Crippen molar-refractivity contribution in [3.05, 3.63) is 95.3 Å². The van der Waals surface area contributed by atoms with Crippen molar-refractivity contribution in [1.29, 1.82) is 0 Å². The lowest BCUT2D eigenvalue weighted by Gasteiger charge is -2.19. The molecule has 0 aliphatic rings. The van der Waals surface area contributed by atoms with Crippen molar-refractivity contribution in [2.45, 2.75) is 5.92 Å². The second-order valence-electron chi connectivity index (χ2n) is 5.17. The van der Waals surface area contributed by atoms with Crippen LogP contribution in [-0.2, 0) is 0 Å². The Balaban J connectivity index is 2.10. The largest absolute Gasteiger partial charge is 0.508 e. The second kappa shape index (κ2) is 5.90. The molecule has 0 aliphatic heterocycles. The van der Waals surface area contributed by atoms with Crippen molar-refractivity contribution in [1.82, 2.24) is 0 Å². The van der Waals surface area contributed by atoms with Crippen LogP contribution in [0.4, 0.5) is 4.39 Å². The van der Waals surface area contributed by atoms with Gasteiger partial charge in [-0.25, -0.2) is 4.39 Å². The van der Waals surface area contributed by atoms with Crippen LogP contribution < -0.4 is 0 Å². The maximum absolute atomic E-state index is 13.2. The standard InChI is InChI=1S/C19H15FO2/c20-16-7-1-13(2-8-16)19(14-3-9-17(21)10-4-14)15-5-11-18(22)12-6-15/h1-12,19,21-22H. The number of halogens is 1. The van der Waals surface area contributed by atoms with Crippen LogP contribution in [0.5, 0.6) is 11.5 Å². The summed E-state index contributed by atoms with van der Waals surface area (Å²) in [5, 5.41) is 18.9. The lowest BCUT2D eigenvalue weighted by molar-refractivity contribution is 0.475. The molecule has 3 aromatic rings. The molecule has 0 fully saturated rings. The van der Waals surface area contributed by atoms with E-state index in [1.54, 1.807) is 36.4 Å². The first-order valence-corrected chi connectivity index (χ1v) is 6.97. The Kier molecular flexibility index (Phi) is 3.79. The highest BCUT2D eigenvalue weighted by Crippen LogP contribution is 2.33. The molecule has 0 saturated heterocycles. The fourth-order valence-electron chi connectivity index (χ4n) is 2.57. The first kappa shape index (κ1) is 14.1. The van der Waals surface area contributed by atoms with E-state index in [4.69, 9.17) is 0 Å². The molecule has 0 spiro atoms. The minimum Gasteiger partial charge on any atom is -0.508 e. The summed E-state index contributed by atoms with van der Waals surface area (Å²) in [5.74, 6) is 0.0281. The lowest BCUT2D eigenvalue weighted by atomic mass is 9.85. The molecule has 3 heteroatoms. The third-order valence-corrected chi connectivity index (χ3v) is 3.66. The van der Waals surface area contributed by atoms with Crippen molar-refractivity contribution in [2.24, 2.45) is 0 Å². The number of benzene rings is 3. The predicted molar refractivity (Wildman–Crippen MR) is 83.6 cm³/mol. The minimum absolute atomic E-state index is 0.0956. The Morgan fingerprint density at radius 2 is 0.864 bits per heavy atom. The highest BCUT2D eigenvalue weighted by atomic mass is 19.1. The Morgan fingerprint density at radius 3 is 1.23 bits per heavy atom. The fourth-order valence-corrected chi connectivity index (χ4v) is 2.57. The third kappa shape index (κ3) is 2.93. The van der Waals surface area contributed by atoms with Gasteiger partial charge in [-0.15, -0.1) is 0 Å².